The fraction of sp³-hybridized carbons (Fsp3) is 0.484. The number of nitrogens with zero attached hydrogens (tertiary/aromatic N) is 2. The molecular formula is C31H42N2O6. The molecule has 2 aromatic carbocycles. The van der Waals surface area contributed by atoms with E-state index in [4.69, 9.17) is 14.2 Å². The van der Waals surface area contributed by atoms with Crippen LogP contribution in [0.25, 0.3) is 5.76 Å². The summed E-state index contributed by atoms with van der Waals surface area (Å²) in [5.74, 6) is 0.249. The van der Waals surface area contributed by atoms with Crippen LogP contribution in [0, 0.1) is 6.92 Å². The molecule has 212 valence electrons. The molecule has 1 aliphatic heterocycles. The van der Waals surface area contributed by atoms with Crippen LogP contribution in [0.15, 0.2) is 42.0 Å². The van der Waals surface area contributed by atoms with Gasteiger partial charge in [0.15, 0.2) is 11.5 Å². The topological polar surface area (TPSA) is 88.5 Å². The van der Waals surface area contributed by atoms with E-state index in [2.05, 4.69) is 13.8 Å². The van der Waals surface area contributed by atoms with Crippen molar-refractivity contribution in [3.63, 3.8) is 0 Å². The third-order valence-electron chi connectivity index (χ3n) is 6.81. The van der Waals surface area contributed by atoms with Crippen LogP contribution in [-0.4, -0.2) is 74.1 Å². The van der Waals surface area contributed by atoms with Crippen molar-refractivity contribution < 1.29 is 28.9 Å². The summed E-state index contributed by atoms with van der Waals surface area (Å²) in [5.41, 5.74) is 1.95. The Kier molecular flexibility index (Phi) is 10.8. The monoisotopic (exact) mass is 538 g/mol. The number of methoxy groups -OCH3 is 1. The summed E-state index contributed by atoms with van der Waals surface area (Å²) in [4.78, 5) is 30.1. The lowest BCUT2D eigenvalue weighted by Gasteiger charge is -2.27. The van der Waals surface area contributed by atoms with Gasteiger partial charge in [0.1, 0.15) is 11.5 Å². The molecule has 8 nitrogen and oxygen atoms in total. The summed E-state index contributed by atoms with van der Waals surface area (Å²) in [6.45, 7) is 8.09. The van der Waals surface area contributed by atoms with E-state index in [1.807, 2.05) is 38.1 Å². The molecule has 1 aliphatic rings. The molecule has 0 radical (unpaired) electrons. The van der Waals surface area contributed by atoms with Crippen LogP contribution in [0.5, 0.6) is 17.2 Å². The summed E-state index contributed by atoms with van der Waals surface area (Å²) in [7, 11) is 5.37. The number of hydrogen-bond donors (Lipinski definition) is 1. The highest BCUT2D eigenvalue weighted by Crippen LogP contribution is 2.42. The van der Waals surface area contributed by atoms with Crippen LogP contribution in [-0.2, 0) is 9.59 Å². The molecular weight excluding hydrogens is 496 g/mol. The van der Waals surface area contributed by atoms with E-state index < -0.39 is 17.7 Å². The van der Waals surface area contributed by atoms with Crippen LogP contribution in [0.1, 0.15) is 62.3 Å². The Morgan fingerprint density at radius 3 is 2.28 bits per heavy atom. The second kappa shape index (κ2) is 14.0. The molecule has 1 atom stereocenters. The number of Topliss-reactive ketones (excluding diaryl/α,β-unsaturated/α-hetero) is 1. The molecule has 3 rings (SSSR count). The van der Waals surface area contributed by atoms with E-state index in [0.29, 0.717) is 54.7 Å². The number of aliphatic hydroxyl groups excluding tert-OH is 1. The lowest BCUT2D eigenvalue weighted by Crippen LogP contribution is -2.35. The van der Waals surface area contributed by atoms with Crippen molar-refractivity contribution in [2.45, 2.75) is 52.5 Å². The molecule has 8 heteroatoms. The zero-order valence-corrected chi connectivity index (χ0v) is 24.1. The molecule has 0 bridgehead atoms. The Balaban J connectivity index is 2.08. The van der Waals surface area contributed by atoms with Gasteiger partial charge in [0.25, 0.3) is 11.7 Å². The number of aliphatic hydroxyl groups is 1. The highest BCUT2D eigenvalue weighted by atomic mass is 16.5. The first-order valence-electron chi connectivity index (χ1n) is 13.7. The molecule has 0 aromatic heterocycles. The summed E-state index contributed by atoms with van der Waals surface area (Å²) in [5, 5.41) is 11.5. The predicted molar refractivity (Wildman–Crippen MR) is 153 cm³/mol. The quantitative estimate of drug-likeness (QED) is 0.150. The van der Waals surface area contributed by atoms with Crippen molar-refractivity contribution in [2.75, 3.05) is 47.5 Å². The highest BCUT2D eigenvalue weighted by Gasteiger charge is 2.46. The molecule has 2 aromatic rings. The first-order chi connectivity index (χ1) is 18.7. The van der Waals surface area contributed by atoms with Gasteiger partial charge in [0.05, 0.1) is 31.9 Å². The molecule has 1 heterocycles. The Bertz CT molecular complexity index is 1190. The molecule has 1 fully saturated rings. The first kappa shape index (κ1) is 30.0. The fourth-order valence-electron chi connectivity index (χ4n) is 4.54. The number of aryl methyl sites for hydroxylation is 1. The van der Waals surface area contributed by atoms with Crippen molar-refractivity contribution in [3.05, 3.63) is 58.7 Å². The summed E-state index contributed by atoms with van der Waals surface area (Å²) in [6.07, 6.45) is 3.90. The number of hydrogen-bond acceptors (Lipinski definition) is 7. The van der Waals surface area contributed by atoms with Crippen LogP contribution in [0.4, 0.5) is 0 Å². The minimum absolute atomic E-state index is 0.0585. The predicted octanol–water partition coefficient (Wildman–Crippen LogP) is 5.34. The van der Waals surface area contributed by atoms with Crippen LogP contribution in [0.3, 0.4) is 0 Å². The number of likely N-dealkylation sites (tertiary alicyclic amines) is 1. The van der Waals surface area contributed by atoms with Crippen LogP contribution < -0.4 is 14.2 Å². The van der Waals surface area contributed by atoms with E-state index in [0.717, 1.165) is 31.2 Å². The lowest BCUT2D eigenvalue weighted by atomic mass is 9.93. The number of ether oxygens (including phenoxy) is 3. The Hall–Kier alpha value is -3.52. The minimum atomic E-state index is -0.775. The Morgan fingerprint density at radius 2 is 1.67 bits per heavy atom. The van der Waals surface area contributed by atoms with Gasteiger partial charge in [-0.2, -0.15) is 0 Å². The van der Waals surface area contributed by atoms with Crippen LogP contribution >= 0.6 is 0 Å². The Labute approximate surface area is 232 Å². The highest BCUT2D eigenvalue weighted by molar-refractivity contribution is 6.46. The maximum absolute atomic E-state index is 13.4. The van der Waals surface area contributed by atoms with Gasteiger partial charge in [0.2, 0.25) is 0 Å². The third-order valence-corrected chi connectivity index (χ3v) is 6.81. The minimum Gasteiger partial charge on any atom is -0.507 e. The molecule has 1 N–H and O–H groups in total. The second-order valence-corrected chi connectivity index (χ2v) is 10.1. The average molecular weight is 539 g/mol. The van der Waals surface area contributed by atoms with E-state index >= 15 is 0 Å². The fourth-order valence-corrected chi connectivity index (χ4v) is 4.54. The van der Waals surface area contributed by atoms with E-state index in [1.165, 1.54) is 4.90 Å². The Morgan fingerprint density at radius 1 is 0.974 bits per heavy atom. The standard InChI is InChI=1S/C31H42N2O6/c1-7-9-17-38-23-12-13-24(21(3)19-23)29(34)27-28(33(16-15-32(4)5)31(36)30(27)35)22-11-14-25(26(20-22)37-6)39-18-10-8-2/h11-14,19-20,28,34H,7-10,15-18H2,1-6H3. The van der Waals surface area contributed by atoms with Crippen molar-refractivity contribution in [3.8, 4) is 17.2 Å². The van der Waals surface area contributed by atoms with Gasteiger partial charge in [-0.25, -0.2) is 0 Å². The third kappa shape index (κ3) is 7.12. The number of carbonyl (C=O) groups is 2. The maximum atomic E-state index is 13.4. The maximum Gasteiger partial charge on any atom is 0.295 e. The number of ketones is 1. The number of amides is 1. The van der Waals surface area contributed by atoms with E-state index in [9.17, 15) is 14.7 Å². The first-order valence-corrected chi connectivity index (χ1v) is 13.7. The number of unbranched alkanes of at least 4 members (excludes halogenated alkanes) is 2. The summed E-state index contributed by atoms with van der Waals surface area (Å²) < 4.78 is 17.3. The zero-order valence-electron chi connectivity index (χ0n) is 24.1. The van der Waals surface area contributed by atoms with E-state index in [1.54, 1.807) is 31.4 Å². The second-order valence-electron chi connectivity index (χ2n) is 10.1. The summed E-state index contributed by atoms with van der Waals surface area (Å²) in [6, 6.07) is 9.99. The van der Waals surface area contributed by atoms with Crippen molar-refractivity contribution in [1.29, 1.82) is 0 Å². The normalized spacial score (nSPS) is 16.7. The molecule has 1 unspecified atom stereocenters. The van der Waals surface area contributed by atoms with Gasteiger partial charge in [-0.3, -0.25) is 9.59 Å². The van der Waals surface area contributed by atoms with Crippen molar-refractivity contribution >= 4 is 17.4 Å². The van der Waals surface area contributed by atoms with Gasteiger partial charge in [0, 0.05) is 18.7 Å². The molecule has 0 saturated carbocycles. The van der Waals surface area contributed by atoms with Crippen LogP contribution in [0.2, 0.25) is 0 Å². The number of carbonyl (C=O) groups excluding carboxylic acids is 2. The largest absolute Gasteiger partial charge is 0.507 e. The van der Waals surface area contributed by atoms with E-state index in [-0.39, 0.29) is 11.3 Å². The number of rotatable bonds is 14. The van der Waals surface area contributed by atoms with Gasteiger partial charge < -0.3 is 29.1 Å². The number of likely N-dealkylation sites (N-methyl/N-ethyl adjacent to an activating group) is 1. The summed E-state index contributed by atoms with van der Waals surface area (Å²) >= 11 is 0. The zero-order chi connectivity index (χ0) is 28.5. The molecule has 1 amide bonds. The van der Waals surface area contributed by atoms with Crippen molar-refractivity contribution in [1.82, 2.24) is 9.80 Å². The molecule has 0 spiro atoms. The molecule has 1 saturated heterocycles. The van der Waals surface area contributed by atoms with Crippen molar-refractivity contribution in [2.24, 2.45) is 0 Å². The number of benzene rings is 2. The molecule has 0 aliphatic carbocycles. The van der Waals surface area contributed by atoms with Gasteiger partial charge in [-0.05, 0) is 75.3 Å². The smallest absolute Gasteiger partial charge is 0.295 e. The SMILES string of the molecule is CCCCOc1ccc(C(O)=C2C(=O)C(=O)N(CCN(C)C)C2c2ccc(OCCCC)c(OC)c2)c(C)c1. The lowest BCUT2D eigenvalue weighted by molar-refractivity contribution is -0.140. The van der Waals surface area contributed by atoms with Gasteiger partial charge in [-0.1, -0.05) is 32.8 Å². The molecule has 39 heavy (non-hydrogen) atoms. The van der Waals surface area contributed by atoms with Gasteiger partial charge in [-0.15, -0.1) is 0 Å². The average Bonchev–Trinajstić information content (AvgIpc) is 3.17. The van der Waals surface area contributed by atoms with Gasteiger partial charge >= 0.3 is 0 Å².